The summed E-state index contributed by atoms with van der Waals surface area (Å²) in [6, 6.07) is 19.0. The zero-order valence-electron chi connectivity index (χ0n) is 16.0. The van der Waals surface area contributed by atoms with Crippen molar-refractivity contribution in [3.05, 3.63) is 89.9 Å². The second-order valence-electron chi connectivity index (χ2n) is 6.04. The predicted molar refractivity (Wildman–Crippen MR) is 115 cm³/mol. The number of hydrogen-bond acceptors (Lipinski definition) is 5. The summed E-state index contributed by atoms with van der Waals surface area (Å²) in [7, 11) is 0. The summed E-state index contributed by atoms with van der Waals surface area (Å²) in [5, 5.41) is 2.84. The smallest absolute Gasteiger partial charge is 0.330 e. The Labute approximate surface area is 173 Å². The van der Waals surface area contributed by atoms with E-state index in [1.54, 1.807) is 49.0 Å². The zero-order valence-corrected chi connectivity index (χ0v) is 16.8. The molecule has 0 aliphatic rings. The second-order valence-corrected chi connectivity index (χ2v) is 7.09. The molecular formula is C23H21NO4S. The Hall–Kier alpha value is -3.25. The first-order valence-electron chi connectivity index (χ1n) is 9.16. The Morgan fingerprint density at radius 2 is 1.83 bits per heavy atom. The van der Waals surface area contributed by atoms with Crippen LogP contribution in [0.25, 0.3) is 6.08 Å². The standard InChI is InChI=1S/C23H21NO4S/c1-2-27-21(25)13-10-17-8-11-19(12-9-17)24-23(26)22-18(14-15-28-22)16-29-20-6-4-3-5-7-20/h3-15H,2,16H2,1H3,(H,24,26)/b13-10+. The molecule has 1 amide bonds. The highest BCUT2D eigenvalue weighted by Crippen LogP contribution is 2.25. The van der Waals surface area contributed by atoms with Gasteiger partial charge in [-0.1, -0.05) is 30.3 Å². The van der Waals surface area contributed by atoms with Gasteiger partial charge in [-0.3, -0.25) is 4.79 Å². The summed E-state index contributed by atoms with van der Waals surface area (Å²) in [6.45, 7) is 2.10. The minimum Gasteiger partial charge on any atom is -0.463 e. The van der Waals surface area contributed by atoms with Crippen LogP contribution in [0.2, 0.25) is 0 Å². The summed E-state index contributed by atoms with van der Waals surface area (Å²) >= 11 is 1.64. The van der Waals surface area contributed by atoms with Gasteiger partial charge >= 0.3 is 5.97 Å². The zero-order chi connectivity index (χ0) is 20.5. The van der Waals surface area contributed by atoms with Crippen LogP contribution in [-0.2, 0) is 15.3 Å². The van der Waals surface area contributed by atoms with E-state index in [0.717, 1.165) is 16.0 Å². The maximum Gasteiger partial charge on any atom is 0.330 e. The number of carbonyl (C=O) groups is 2. The number of ether oxygens (including phenoxy) is 1. The van der Waals surface area contributed by atoms with Crippen LogP contribution in [0.5, 0.6) is 0 Å². The highest BCUT2D eigenvalue weighted by atomic mass is 32.2. The van der Waals surface area contributed by atoms with Crippen LogP contribution in [0, 0.1) is 0 Å². The molecule has 0 bridgehead atoms. The second kappa shape index (κ2) is 10.3. The molecule has 2 aromatic carbocycles. The Morgan fingerprint density at radius 3 is 2.55 bits per heavy atom. The number of anilines is 1. The summed E-state index contributed by atoms with van der Waals surface area (Å²) in [4.78, 5) is 25.1. The maximum atomic E-state index is 12.6. The summed E-state index contributed by atoms with van der Waals surface area (Å²) in [6.07, 6.45) is 4.56. The molecule has 3 rings (SSSR count). The fourth-order valence-electron chi connectivity index (χ4n) is 2.55. The number of amides is 1. The van der Waals surface area contributed by atoms with Crippen LogP contribution in [0.1, 0.15) is 28.6 Å². The van der Waals surface area contributed by atoms with Crippen LogP contribution in [0.3, 0.4) is 0 Å². The Kier molecular flexibility index (Phi) is 7.30. The normalized spacial score (nSPS) is 10.8. The van der Waals surface area contributed by atoms with E-state index in [1.807, 2.05) is 36.4 Å². The van der Waals surface area contributed by atoms with Gasteiger partial charge in [-0.2, -0.15) is 0 Å². The molecule has 0 aliphatic carbocycles. The van der Waals surface area contributed by atoms with E-state index in [2.05, 4.69) is 5.32 Å². The van der Waals surface area contributed by atoms with Gasteiger partial charge in [0.15, 0.2) is 5.76 Å². The molecule has 0 saturated heterocycles. The van der Waals surface area contributed by atoms with Crippen LogP contribution < -0.4 is 5.32 Å². The average molecular weight is 407 g/mol. The van der Waals surface area contributed by atoms with Gasteiger partial charge in [0.05, 0.1) is 12.9 Å². The Morgan fingerprint density at radius 1 is 1.07 bits per heavy atom. The molecule has 0 saturated carbocycles. The van der Waals surface area contributed by atoms with Crippen molar-refractivity contribution in [1.29, 1.82) is 0 Å². The molecule has 1 aromatic heterocycles. The predicted octanol–water partition coefficient (Wildman–Crippen LogP) is 5.40. The van der Waals surface area contributed by atoms with Gasteiger partial charge in [-0.05, 0) is 48.9 Å². The fourth-order valence-corrected chi connectivity index (χ4v) is 3.45. The van der Waals surface area contributed by atoms with Crippen molar-refractivity contribution < 1.29 is 18.7 Å². The van der Waals surface area contributed by atoms with Crippen LogP contribution in [-0.4, -0.2) is 18.5 Å². The molecule has 0 aliphatic heterocycles. The van der Waals surface area contributed by atoms with E-state index >= 15 is 0 Å². The SMILES string of the molecule is CCOC(=O)/C=C/c1ccc(NC(=O)c2occc2CSc2ccccc2)cc1. The number of rotatable bonds is 8. The molecule has 29 heavy (non-hydrogen) atoms. The molecule has 0 spiro atoms. The number of hydrogen-bond donors (Lipinski definition) is 1. The summed E-state index contributed by atoms with van der Waals surface area (Å²) in [5.41, 5.74) is 2.31. The molecule has 0 fully saturated rings. The van der Waals surface area contributed by atoms with Crippen molar-refractivity contribution >= 4 is 35.4 Å². The largest absolute Gasteiger partial charge is 0.463 e. The maximum absolute atomic E-state index is 12.6. The number of furan rings is 1. The van der Waals surface area contributed by atoms with E-state index in [9.17, 15) is 9.59 Å². The van der Waals surface area contributed by atoms with Crippen molar-refractivity contribution in [2.75, 3.05) is 11.9 Å². The van der Waals surface area contributed by atoms with E-state index < -0.39 is 0 Å². The molecule has 0 radical (unpaired) electrons. The van der Waals surface area contributed by atoms with Gasteiger partial charge in [-0.25, -0.2) is 4.79 Å². The van der Waals surface area contributed by atoms with Crippen LogP contribution >= 0.6 is 11.8 Å². The molecule has 1 heterocycles. The molecule has 5 nitrogen and oxygen atoms in total. The molecule has 6 heteroatoms. The number of benzene rings is 2. The highest BCUT2D eigenvalue weighted by molar-refractivity contribution is 7.98. The molecule has 0 unspecified atom stereocenters. The first-order valence-corrected chi connectivity index (χ1v) is 10.1. The molecule has 3 aromatic rings. The third-order valence-electron chi connectivity index (χ3n) is 3.96. The van der Waals surface area contributed by atoms with E-state index in [0.29, 0.717) is 23.8 Å². The first kappa shape index (κ1) is 20.5. The molecular weight excluding hydrogens is 386 g/mol. The summed E-state index contributed by atoms with van der Waals surface area (Å²) in [5.74, 6) is 0.262. The van der Waals surface area contributed by atoms with E-state index in [1.165, 1.54) is 12.3 Å². The Balaban J connectivity index is 1.59. The van der Waals surface area contributed by atoms with Crippen molar-refractivity contribution in [1.82, 2.24) is 0 Å². The number of carbonyl (C=O) groups excluding carboxylic acids is 2. The molecule has 1 N–H and O–H groups in total. The van der Waals surface area contributed by atoms with E-state index in [4.69, 9.17) is 9.15 Å². The summed E-state index contributed by atoms with van der Waals surface area (Å²) < 4.78 is 10.3. The number of nitrogens with one attached hydrogen (secondary N) is 1. The lowest BCUT2D eigenvalue weighted by atomic mass is 10.2. The minimum absolute atomic E-state index is 0.298. The number of esters is 1. The van der Waals surface area contributed by atoms with Gasteiger partial charge < -0.3 is 14.5 Å². The average Bonchev–Trinajstić information content (AvgIpc) is 3.21. The topological polar surface area (TPSA) is 68.5 Å². The van der Waals surface area contributed by atoms with Gasteiger partial charge in [0, 0.05) is 28.0 Å². The van der Waals surface area contributed by atoms with Gasteiger partial charge in [0.1, 0.15) is 0 Å². The Bertz CT molecular complexity index is 978. The van der Waals surface area contributed by atoms with Crippen molar-refractivity contribution in [3.8, 4) is 0 Å². The lowest BCUT2D eigenvalue weighted by molar-refractivity contribution is -0.137. The quantitative estimate of drug-likeness (QED) is 0.308. The minimum atomic E-state index is -0.386. The van der Waals surface area contributed by atoms with Gasteiger partial charge in [0.25, 0.3) is 5.91 Å². The third-order valence-corrected chi connectivity index (χ3v) is 5.02. The lowest BCUT2D eigenvalue weighted by Crippen LogP contribution is -2.12. The van der Waals surface area contributed by atoms with Crippen molar-refractivity contribution in [2.24, 2.45) is 0 Å². The lowest BCUT2D eigenvalue weighted by Gasteiger charge is -2.06. The van der Waals surface area contributed by atoms with Gasteiger partial charge in [-0.15, -0.1) is 11.8 Å². The molecule has 0 atom stereocenters. The third kappa shape index (κ3) is 6.12. The fraction of sp³-hybridized carbons (Fsp3) is 0.130. The van der Waals surface area contributed by atoms with Crippen LogP contribution in [0.4, 0.5) is 5.69 Å². The van der Waals surface area contributed by atoms with E-state index in [-0.39, 0.29) is 11.9 Å². The van der Waals surface area contributed by atoms with Gasteiger partial charge in [0.2, 0.25) is 0 Å². The number of thioether (sulfide) groups is 1. The monoisotopic (exact) mass is 407 g/mol. The molecule has 148 valence electrons. The first-order chi connectivity index (χ1) is 14.2. The van der Waals surface area contributed by atoms with Crippen molar-refractivity contribution in [2.45, 2.75) is 17.6 Å². The van der Waals surface area contributed by atoms with Crippen LogP contribution in [0.15, 0.2) is 82.3 Å². The highest BCUT2D eigenvalue weighted by Gasteiger charge is 2.15. The van der Waals surface area contributed by atoms with Crippen molar-refractivity contribution in [3.63, 3.8) is 0 Å².